The first kappa shape index (κ1) is 20.3. The smallest absolute Gasteiger partial charge is 0.236 e. The van der Waals surface area contributed by atoms with E-state index in [4.69, 9.17) is 16.3 Å². The highest BCUT2D eigenvalue weighted by atomic mass is 35.5. The molecule has 0 unspecified atom stereocenters. The van der Waals surface area contributed by atoms with E-state index in [9.17, 15) is 9.59 Å². The molecule has 0 aliphatic rings. The number of benzene rings is 1. The van der Waals surface area contributed by atoms with Gasteiger partial charge in [-0.15, -0.1) is 0 Å². The first-order chi connectivity index (χ1) is 11.4. The van der Waals surface area contributed by atoms with Crippen molar-refractivity contribution >= 4 is 29.1 Å². The van der Waals surface area contributed by atoms with E-state index in [0.717, 1.165) is 0 Å². The quantitative estimate of drug-likeness (QED) is 0.739. The van der Waals surface area contributed by atoms with E-state index in [2.05, 4.69) is 5.32 Å². The molecule has 1 rings (SSSR count). The first-order valence-electron chi connectivity index (χ1n) is 8.00. The van der Waals surface area contributed by atoms with Crippen LogP contribution in [0.25, 0.3) is 0 Å². The second-order valence-electron chi connectivity index (χ2n) is 5.45. The van der Waals surface area contributed by atoms with E-state index in [1.165, 1.54) is 7.11 Å². The monoisotopic (exact) mass is 355 g/mol. The summed E-state index contributed by atoms with van der Waals surface area (Å²) in [5.74, 6) is 0.468. The van der Waals surface area contributed by atoms with Gasteiger partial charge in [0.15, 0.2) is 0 Å². The predicted octanol–water partition coefficient (Wildman–Crippen LogP) is 2.48. The van der Waals surface area contributed by atoms with Crippen molar-refractivity contribution in [3.63, 3.8) is 0 Å². The minimum Gasteiger partial charge on any atom is -0.495 e. The number of nitrogens with zero attached hydrogens (tertiary/aromatic N) is 2. The van der Waals surface area contributed by atoms with Crippen molar-refractivity contribution in [1.82, 2.24) is 9.80 Å². The fourth-order valence-corrected chi connectivity index (χ4v) is 2.44. The number of hydrogen-bond donors (Lipinski definition) is 1. The fourth-order valence-electron chi connectivity index (χ4n) is 2.27. The predicted molar refractivity (Wildman–Crippen MR) is 96.7 cm³/mol. The lowest BCUT2D eigenvalue weighted by atomic mass is 10.2. The zero-order valence-corrected chi connectivity index (χ0v) is 15.5. The summed E-state index contributed by atoms with van der Waals surface area (Å²) >= 11 is 5.94. The number of nitrogens with one attached hydrogen (secondary N) is 1. The number of rotatable bonds is 9. The van der Waals surface area contributed by atoms with Gasteiger partial charge in [0.2, 0.25) is 11.8 Å². The zero-order chi connectivity index (χ0) is 18.1. The van der Waals surface area contributed by atoms with Crippen LogP contribution in [-0.4, -0.2) is 62.0 Å². The molecule has 134 valence electrons. The van der Waals surface area contributed by atoms with Crippen molar-refractivity contribution in [3.8, 4) is 5.75 Å². The summed E-state index contributed by atoms with van der Waals surface area (Å²) in [4.78, 5) is 27.7. The Balaban J connectivity index is 2.49. The number of carbonyl (C=O) groups is 2. The number of hydrogen-bond acceptors (Lipinski definition) is 4. The SMILES string of the molecule is CCN(CC)C(=O)CN(C)CCC(=O)Nc1cc(Cl)ccc1OC. The Bertz CT molecular complexity index is 562. The van der Waals surface area contributed by atoms with Crippen molar-refractivity contribution in [2.24, 2.45) is 0 Å². The van der Waals surface area contributed by atoms with Crippen LogP contribution in [0.3, 0.4) is 0 Å². The van der Waals surface area contributed by atoms with E-state index in [1.807, 2.05) is 25.8 Å². The standard InChI is InChI=1S/C17H26ClN3O3/c1-5-21(6-2)17(23)12-20(3)10-9-16(22)19-14-11-13(18)7-8-15(14)24-4/h7-8,11H,5-6,9-10,12H2,1-4H3,(H,19,22). The van der Waals surface area contributed by atoms with Crippen molar-refractivity contribution < 1.29 is 14.3 Å². The van der Waals surface area contributed by atoms with E-state index in [1.54, 1.807) is 23.1 Å². The Kier molecular flexibility index (Phi) is 8.57. The van der Waals surface area contributed by atoms with Crippen molar-refractivity contribution in [3.05, 3.63) is 23.2 Å². The number of methoxy groups -OCH3 is 1. The van der Waals surface area contributed by atoms with Gasteiger partial charge in [0, 0.05) is 31.1 Å². The van der Waals surface area contributed by atoms with Crippen LogP contribution in [0.15, 0.2) is 18.2 Å². The topological polar surface area (TPSA) is 61.9 Å². The van der Waals surface area contributed by atoms with Crippen LogP contribution in [0.4, 0.5) is 5.69 Å². The first-order valence-corrected chi connectivity index (χ1v) is 8.38. The lowest BCUT2D eigenvalue weighted by Crippen LogP contribution is -2.39. The van der Waals surface area contributed by atoms with Crippen LogP contribution in [0.1, 0.15) is 20.3 Å². The number of anilines is 1. The summed E-state index contributed by atoms with van der Waals surface area (Å²) in [6.07, 6.45) is 0.275. The van der Waals surface area contributed by atoms with Gasteiger partial charge < -0.3 is 15.0 Å². The van der Waals surface area contributed by atoms with Gasteiger partial charge in [-0.1, -0.05) is 11.6 Å². The van der Waals surface area contributed by atoms with Gasteiger partial charge in [-0.05, 0) is 39.1 Å². The molecule has 0 saturated carbocycles. The van der Waals surface area contributed by atoms with E-state index in [0.29, 0.717) is 42.6 Å². The highest BCUT2D eigenvalue weighted by Gasteiger charge is 2.14. The number of halogens is 1. The molecule has 1 aromatic carbocycles. The maximum Gasteiger partial charge on any atom is 0.236 e. The molecule has 0 aliphatic heterocycles. The maximum atomic E-state index is 12.1. The summed E-state index contributed by atoms with van der Waals surface area (Å²) in [5.41, 5.74) is 0.539. The Morgan fingerprint density at radius 2 is 1.92 bits per heavy atom. The van der Waals surface area contributed by atoms with Gasteiger partial charge in [0.05, 0.1) is 19.3 Å². The Labute approximate surface area is 148 Å². The molecule has 0 atom stereocenters. The van der Waals surface area contributed by atoms with Gasteiger partial charge in [-0.2, -0.15) is 0 Å². The molecule has 0 aromatic heterocycles. The van der Waals surface area contributed by atoms with Crippen molar-refractivity contribution in [2.45, 2.75) is 20.3 Å². The molecule has 0 spiro atoms. The molecule has 24 heavy (non-hydrogen) atoms. The summed E-state index contributed by atoms with van der Waals surface area (Å²) in [5, 5.41) is 3.31. The van der Waals surface area contributed by atoms with E-state index < -0.39 is 0 Å². The van der Waals surface area contributed by atoms with Gasteiger partial charge in [-0.25, -0.2) is 0 Å². The van der Waals surface area contributed by atoms with E-state index in [-0.39, 0.29) is 18.2 Å². The van der Waals surface area contributed by atoms with Crippen molar-refractivity contribution in [1.29, 1.82) is 0 Å². The van der Waals surface area contributed by atoms with Crippen LogP contribution in [0, 0.1) is 0 Å². The number of likely N-dealkylation sites (N-methyl/N-ethyl adjacent to an activating group) is 2. The summed E-state index contributed by atoms with van der Waals surface area (Å²) in [6, 6.07) is 5.04. The average Bonchev–Trinajstić information content (AvgIpc) is 2.54. The van der Waals surface area contributed by atoms with Gasteiger partial charge in [0.1, 0.15) is 5.75 Å². The molecule has 6 nitrogen and oxygen atoms in total. The van der Waals surface area contributed by atoms with Crippen molar-refractivity contribution in [2.75, 3.05) is 45.7 Å². The Morgan fingerprint density at radius 1 is 1.25 bits per heavy atom. The third-order valence-electron chi connectivity index (χ3n) is 3.68. The van der Waals surface area contributed by atoms with Crippen LogP contribution < -0.4 is 10.1 Å². The molecule has 1 N–H and O–H groups in total. The molecule has 0 saturated heterocycles. The molecule has 0 aliphatic carbocycles. The molecule has 0 bridgehead atoms. The molecule has 1 aromatic rings. The molecule has 7 heteroatoms. The second-order valence-corrected chi connectivity index (χ2v) is 5.88. The Morgan fingerprint density at radius 3 is 2.50 bits per heavy atom. The normalized spacial score (nSPS) is 10.6. The lowest BCUT2D eigenvalue weighted by molar-refractivity contribution is -0.132. The largest absolute Gasteiger partial charge is 0.495 e. The number of carbonyl (C=O) groups excluding carboxylic acids is 2. The third-order valence-corrected chi connectivity index (χ3v) is 3.91. The minimum atomic E-state index is -0.155. The summed E-state index contributed by atoms with van der Waals surface area (Å²) in [7, 11) is 3.36. The number of amides is 2. The highest BCUT2D eigenvalue weighted by molar-refractivity contribution is 6.31. The van der Waals surface area contributed by atoms with Gasteiger partial charge in [0.25, 0.3) is 0 Å². The van der Waals surface area contributed by atoms with E-state index >= 15 is 0 Å². The average molecular weight is 356 g/mol. The van der Waals surface area contributed by atoms with Gasteiger partial charge in [-0.3, -0.25) is 14.5 Å². The zero-order valence-electron chi connectivity index (χ0n) is 14.8. The van der Waals surface area contributed by atoms with Crippen LogP contribution in [0.2, 0.25) is 5.02 Å². The van der Waals surface area contributed by atoms with Crippen LogP contribution in [0.5, 0.6) is 5.75 Å². The maximum absolute atomic E-state index is 12.1. The summed E-state index contributed by atoms with van der Waals surface area (Å²) in [6.45, 7) is 6.08. The molecular formula is C17H26ClN3O3. The molecule has 0 heterocycles. The number of ether oxygens (including phenoxy) is 1. The minimum absolute atomic E-state index is 0.0689. The molecule has 2 amide bonds. The lowest BCUT2D eigenvalue weighted by Gasteiger charge is -2.22. The van der Waals surface area contributed by atoms with Crippen LogP contribution >= 0.6 is 11.6 Å². The highest BCUT2D eigenvalue weighted by Crippen LogP contribution is 2.27. The molecule has 0 fully saturated rings. The van der Waals surface area contributed by atoms with Crippen LogP contribution in [-0.2, 0) is 9.59 Å². The summed E-state index contributed by atoms with van der Waals surface area (Å²) < 4.78 is 5.20. The Hall–Kier alpha value is -1.79. The second kappa shape index (κ2) is 10.2. The third kappa shape index (κ3) is 6.37. The molecular weight excluding hydrogens is 330 g/mol. The van der Waals surface area contributed by atoms with Gasteiger partial charge >= 0.3 is 0 Å². The molecule has 0 radical (unpaired) electrons. The fraction of sp³-hybridized carbons (Fsp3) is 0.529.